The summed E-state index contributed by atoms with van der Waals surface area (Å²) >= 11 is 0. The number of nitrogens with zero attached hydrogens (tertiary/aromatic N) is 1. The number of hydrogen-bond acceptors (Lipinski definition) is 1. The number of rotatable bonds is 3. The minimum atomic E-state index is 0.806. The predicted octanol–water partition coefficient (Wildman–Crippen LogP) is 0.512. The average molecular weight is 113 g/mol. The summed E-state index contributed by atoms with van der Waals surface area (Å²) in [6.07, 6.45) is 0. The highest BCUT2D eigenvalue weighted by Crippen LogP contribution is 1.92. The van der Waals surface area contributed by atoms with Crippen molar-refractivity contribution >= 4 is 7.98 Å². The molecule has 0 radical (unpaired) electrons. The molecule has 0 aliphatic rings. The van der Waals surface area contributed by atoms with Crippen LogP contribution in [0.15, 0.2) is 0 Å². The van der Waals surface area contributed by atoms with Gasteiger partial charge in [-0.2, -0.15) is 0 Å². The van der Waals surface area contributed by atoms with Crippen LogP contribution in [0, 0.1) is 5.92 Å². The normalized spacial score (nSPS) is 11.1. The van der Waals surface area contributed by atoms with Gasteiger partial charge in [0.05, 0.1) is 0 Å². The average Bonchev–Trinajstić information content (AvgIpc) is 1.65. The molecule has 0 spiro atoms. The lowest BCUT2D eigenvalue weighted by molar-refractivity contribution is 0.409. The summed E-state index contributed by atoms with van der Waals surface area (Å²) in [6, 6.07) is 0. The maximum Gasteiger partial charge on any atom is 0.185 e. The third-order valence-corrected chi connectivity index (χ3v) is 1.22. The summed E-state index contributed by atoms with van der Waals surface area (Å²) in [7, 11) is 2.15. The number of hydrogen-bond donors (Lipinski definition) is 0. The van der Waals surface area contributed by atoms with Gasteiger partial charge in [0.15, 0.2) is 7.98 Å². The Kier molecular flexibility index (Phi) is 3.97. The molecule has 0 aromatic heterocycles. The second kappa shape index (κ2) is 3.96. The van der Waals surface area contributed by atoms with Crippen LogP contribution in [-0.2, 0) is 0 Å². The minimum Gasteiger partial charge on any atom is -0.349 e. The van der Waals surface area contributed by atoms with Crippen molar-refractivity contribution in [1.82, 2.24) is 4.81 Å². The van der Waals surface area contributed by atoms with E-state index in [1.54, 1.807) is 0 Å². The Morgan fingerprint density at radius 3 is 2.12 bits per heavy atom. The van der Waals surface area contributed by atoms with E-state index in [4.69, 9.17) is 0 Å². The van der Waals surface area contributed by atoms with Gasteiger partial charge in [-0.05, 0) is 19.0 Å². The highest BCUT2D eigenvalue weighted by atomic mass is 15.0. The fourth-order valence-corrected chi connectivity index (χ4v) is 0.752. The Hall–Kier alpha value is 0.0249. The maximum absolute atomic E-state index is 2.32. The molecule has 0 fully saturated rings. The van der Waals surface area contributed by atoms with Crippen molar-refractivity contribution in [1.29, 1.82) is 0 Å². The molecule has 0 unspecified atom stereocenters. The molecular weight excluding hydrogens is 96.9 g/mol. The van der Waals surface area contributed by atoms with Gasteiger partial charge in [-0.1, -0.05) is 20.8 Å². The van der Waals surface area contributed by atoms with Crippen LogP contribution in [0.1, 0.15) is 20.8 Å². The molecule has 0 aliphatic carbocycles. The molecular formula is C6H16BN. The van der Waals surface area contributed by atoms with Gasteiger partial charge >= 0.3 is 0 Å². The van der Waals surface area contributed by atoms with Crippen LogP contribution in [-0.4, -0.2) is 25.9 Å². The predicted molar refractivity (Wildman–Crippen MR) is 40.6 cm³/mol. The van der Waals surface area contributed by atoms with Crippen LogP contribution in [0.3, 0.4) is 0 Å². The van der Waals surface area contributed by atoms with Crippen LogP contribution in [0.25, 0.3) is 0 Å². The molecule has 0 atom stereocenters. The highest BCUT2D eigenvalue weighted by Gasteiger charge is 1.95. The Bertz CT molecular complexity index is 54.5. The molecule has 1 nitrogen and oxygen atoms in total. The van der Waals surface area contributed by atoms with Crippen molar-refractivity contribution in [2.24, 2.45) is 5.92 Å². The van der Waals surface area contributed by atoms with E-state index in [1.807, 2.05) is 0 Å². The largest absolute Gasteiger partial charge is 0.349 e. The van der Waals surface area contributed by atoms with Crippen molar-refractivity contribution in [2.75, 3.05) is 13.1 Å². The summed E-state index contributed by atoms with van der Waals surface area (Å²) in [4.78, 5) is 2.32. The van der Waals surface area contributed by atoms with Gasteiger partial charge in [0.25, 0.3) is 0 Å². The molecule has 0 saturated carbocycles. The first-order valence-electron chi connectivity index (χ1n) is 3.35. The van der Waals surface area contributed by atoms with Crippen LogP contribution >= 0.6 is 0 Å². The van der Waals surface area contributed by atoms with Crippen molar-refractivity contribution in [3.05, 3.63) is 0 Å². The second-order valence-electron chi connectivity index (χ2n) is 2.75. The van der Waals surface area contributed by atoms with E-state index in [2.05, 4.69) is 33.6 Å². The molecule has 0 bridgehead atoms. The van der Waals surface area contributed by atoms with Gasteiger partial charge < -0.3 is 4.81 Å². The molecule has 0 rings (SSSR count). The minimum absolute atomic E-state index is 0.806. The Balaban J connectivity index is 3.10. The monoisotopic (exact) mass is 113 g/mol. The third kappa shape index (κ3) is 4.19. The zero-order chi connectivity index (χ0) is 6.57. The third-order valence-electron chi connectivity index (χ3n) is 1.22. The van der Waals surface area contributed by atoms with E-state index in [0.29, 0.717) is 0 Å². The standard InChI is InChI=1S/C6H16BN/c1-4-8(7)5-6(2)3/h6H,4-5,7H2,1-3H3. The second-order valence-corrected chi connectivity index (χ2v) is 2.75. The van der Waals surface area contributed by atoms with Crippen LogP contribution in [0.5, 0.6) is 0 Å². The summed E-state index contributed by atoms with van der Waals surface area (Å²) < 4.78 is 0. The summed E-state index contributed by atoms with van der Waals surface area (Å²) in [5, 5.41) is 0. The first-order chi connectivity index (χ1) is 3.66. The first-order valence-corrected chi connectivity index (χ1v) is 3.35. The van der Waals surface area contributed by atoms with Gasteiger partial charge in [-0.3, -0.25) is 0 Å². The van der Waals surface area contributed by atoms with E-state index in [-0.39, 0.29) is 0 Å². The molecule has 0 aromatic carbocycles. The quantitative estimate of drug-likeness (QED) is 0.482. The molecule has 0 aromatic rings. The van der Waals surface area contributed by atoms with Crippen LogP contribution in [0.4, 0.5) is 0 Å². The summed E-state index contributed by atoms with van der Waals surface area (Å²) in [5.74, 6) is 0.806. The van der Waals surface area contributed by atoms with Crippen LogP contribution < -0.4 is 0 Å². The van der Waals surface area contributed by atoms with Gasteiger partial charge in [0.1, 0.15) is 0 Å². The Labute approximate surface area is 53.5 Å². The SMILES string of the molecule is BN(CC)CC(C)C. The first kappa shape index (κ1) is 8.02. The van der Waals surface area contributed by atoms with Crippen LogP contribution in [0.2, 0.25) is 0 Å². The topological polar surface area (TPSA) is 3.24 Å². The molecule has 2 heteroatoms. The molecule has 0 saturated heterocycles. The summed E-state index contributed by atoms with van der Waals surface area (Å²) in [6.45, 7) is 9.05. The molecule has 0 heterocycles. The molecule has 8 heavy (non-hydrogen) atoms. The molecule has 48 valence electrons. The van der Waals surface area contributed by atoms with E-state index >= 15 is 0 Å². The molecule has 0 amide bonds. The van der Waals surface area contributed by atoms with Gasteiger partial charge in [-0.25, -0.2) is 0 Å². The fraction of sp³-hybridized carbons (Fsp3) is 1.00. The lowest BCUT2D eigenvalue weighted by Gasteiger charge is -2.15. The van der Waals surface area contributed by atoms with Gasteiger partial charge in [-0.15, -0.1) is 0 Å². The van der Waals surface area contributed by atoms with E-state index in [1.165, 1.54) is 6.54 Å². The zero-order valence-corrected chi connectivity index (χ0v) is 6.44. The lowest BCUT2D eigenvalue weighted by Crippen LogP contribution is -2.24. The van der Waals surface area contributed by atoms with Crippen molar-refractivity contribution in [3.8, 4) is 0 Å². The van der Waals surface area contributed by atoms with Gasteiger partial charge in [0, 0.05) is 0 Å². The molecule has 0 aliphatic heterocycles. The van der Waals surface area contributed by atoms with Crippen molar-refractivity contribution in [2.45, 2.75) is 20.8 Å². The van der Waals surface area contributed by atoms with E-state index in [0.717, 1.165) is 12.5 Å². The van der Waals surface area contributed by atoms with Crippen molar-refractivity contribution in [3.63, 3.8) is 0 Å². The maximum atomic E-state index is 2.32. The van der Waals surface area contributed by atoms with E-state index < -0.39 is 0 Å². The lowest BCUT2D eigenvalue weighted by atomic mass is 10.1. The fourth-order valence-electron chi connectivity index (χ4n) is 0.752. The summed E-state index contributed by atoms with van der Waals surface area (Å²) in [5.41, 5.74) is 0. The van der Waals surface area contributed by atoms with Gasteiger partial charge in [0.2, 0.25) is 0 Å². The zero-order valence-electron chi connectivity index (χ0n) is 6.44. The smallest absolute Gasteiger partial charge is 0.185 e. The Morgan fingerprint density at radius 1 is 1.50 bits per heavy atom. The molecule has 0 N–H and O–H groups in total. The van der Waals surface area contributed by atoms with Crippen molar-refractivity contribution < 1.29 is 0 Å². The highest BCUT2D eigenvalue weighted by molar-refractivity contribution is 6.04. The Morgan fingerprint density at radius 2 is 2.00 bits per heavy atom. The van der Waals surface area contributed by atoms with E-state index in [9.17, 15) is 0 Å².